The van der Waals surface area contributed by atoms with Crippen molar-refractivity contribution in [1.82, 2.24) is 0 Å². The van der Waals surface area contributed by atoms with E-state index in [0.29, 0.717) is 24.2 Å². The molecule has 7 heteroatoms. The monoisotopic (exact) mass is 399 g/mol. The number of hydrogen-bond donors (Lipinski definition) is 1. The first kappa shape index (κ1) is 20.8. The van der Waals surface area contributed by atoms with Gasteiger partial charge in [0.05, 0.1) is 7.11 Å². The molecule has 1 unspecified atom stereocenters. The van der Waals surface area contributed by atoms with Crippen molar-refractivity contribution >= 4 is 23.9 Å². The standard InChI is InChI=1S/C22H25NO6/c1-20(2,3)29-19(27)22(8-5-11-23-22)13-15-12-14(6-7-16(15)28-4)17(24)21(9-10-21)18(25)26/h5-8,11-12H,9-10,13H2,1-4H3,(H,25,26). The number of allylic oxidation sites excluding steroid dienone is 1. The predicted molar refractivity (Wildman–Crippen MR) is 107 cm³/mol. The number of carboxylic acids is 1. The topological polar surface area (TPSA) is 102 Å². The summed E-state index contributed by atoms with van der Waals surface area (Å²) in [6, 6.07) is 4.77. The fourth-order valence-electron chi connectivity index (χ4n) is 3.37. The highest BCUT2D eigenvalue weighted by atomic mass is 16.6. The van der Waals surface area contributed by atoms with Crippen LogP contribution in [0.25, 0.3) is 0 Å². The van der Waals surface area contributed by atoms with Crippen LogP contribution in [0, 0.1) is 5.41 Å². The van der Waals surface area contributed by atoms with Crippen molar-refractivity contribution in [3.8, 4) is 5.75 Å². The summed E-state index contributed by atoms with van der Waals surface area (Å²) in [6.45, 7) is 5.34. The summed E-state index contributed by atoms with van der Waals surface area (Å²) in [4.78, 5) is 41.6. The summed E-state index contributed by atoms with van der Waals surface area (Å²) < 4.78 is 11.0. The number of ether oxygens (including phenoxy) is 2. The second-order valence-corrected chi connectivity index (χ2v) is 8.48. The van der Waals surface area contributed by atoms with E-state index in [-0.39, 0.29) is 12.0 Å². The van der Waals surface area contributed by atoms with Crippen LogP contribution in [0.2, 0.25) is 0 Å². The van der Waals surface area contributed by atoms with Gasteiger partial charge in [-0.25, -0.2) is 4.79 Å². The smallest absolute Gasteiger partial charge is 0.338 e. The second kappa shape index (κ2) is 7.13. The average molecular weight is 399 g/mol. The minimum absolute atomic E-state index is 0.124. The fraction of sp³-hybridized carbons (Fsp3) is 0.455. The van der Waals surface area contributed by atoms with Gasteiger partial charge < -0.3 is 14.6 Å². The van der Waals surface area contributed by atoms with Gasteiger partial charge in [0.25, 0.3) is 0 Å². The molecule has 1 N–H and O–H groups in total. The molecule has 1 heterocycles. The lowest BCUT2D eigenvalue weighted by Crippen LogP contribution is -2.41. The van der Waals surface area contributed by atoms with Crippen molar-refractivity contribution in [3.63, 3.8) is 0 Å². The van der Waals surface area contributed by atoms with Crippen LogP contribution in [0.4, 0.5) is 0 Å². The van der Waals surface area contributed by atoms with E-state index in [4.69, 9.17) is 9.47 Å². The molecule has 1 atom stereocenters. The Morgan fingerprint density at radius 2 is 1.90 bits per heavy atom. The van der Waals surface area contributed by atoms with Gasteiger partial charge in [-0.1, -0.05) is 0 Å². The van der Waals surface area contributed by atoms with Crippen molar-refractivity contribution in [2.45, 2.75) is 51.2 Å². The van der Waals surface area contributed by atoms with Crippen LogP contribution in [0.3, 0.4) is 0 Å². The van der Waals surface area contributed by atoms with Crippen LogP contribution >= 0.6 is 0 Å². The number of carbonyl (C=O) groups excluding carboxylic acids is 2. The molecule has 2 aliphatic rings. The largest absolute Gasteiger partial charge is 0.496 e. The van der Waals surface area contributed by atoms with Crippen molar-refractivity contribution in [1.29, 1.82) is 0 Å². The summed E-state index contributed by atoms with van der Waals surface area (Å²) >= 11 is 0. The zero-order valence-electron chi connectivity index (χ0n) is 17.0. The number of carboxylic acid groups (broad SMARTS) is 1. The predicted octanol–water partition coefficient (Wildman–Crippen LogP) is 3.01. The van der Waals surface area contributed by atoms with Crippen molar-refractivity contribution in [3.05, 3.63) is 41.5 Å². The van der Waals surface area contributed by atoms with Gasteiger partial charge in [-0.2, -0.15) is 0 Å². The Morgan fingerprint density at radius 1 is 1.21 bits per heavy atom. The molecule has 29 heavy (non-hydrogen) atoms. The second-order valence-electron chi connectivity index (χ2n) is 8.48. The van der Waals surface area contributed by atoms with E-state index < -0.39 is 34.3 Å². The van der Waals surface area contributed by atoms with E-state index in [9.17, 15) is 19.5 Å². The summed E-state index contributed by atoms with van der Waals surface area (Å²) in [7, 11) is 1.49. The number of carbonyl (C=O) groups is 3. The van der Waals surface area contributed by atoms with Gasteiger partial charge in [0.15, 0.2) is 11.3 Å². The minimum atomic E-state index is -1.33. The molecule has 1 aromatic rings. The number of nitrogens with zero attached hydrogens (tertiary/aromatic N) is 1. The zero-order chi connectivity index (χ0) is 21.4. The third-order valence-electron chi connectivity index (χ3n) is 5.11. The van der Waals surface area contributed by atoms with Crippen LogP contribution in [-0.4, -0.2) is 47.3 Å². The van der Waals surface area contributed by atoms with Crippen LogP contribution in [0.1, 0.15) is 49.5 Å². The van der Waals surface area contributed by atoms with E-state index in [0.717, 1.165) is 0 Å². The normalized spacial score (nSPS) is 21.7. The van der Waals surface area contributed by atoms with Crippen molar-refractivity contribution in [2.24, 2.45) is 10.4 Å². The van der Waals surface area contributed by atoms with E-state index in [1.54, 1.807) is 51.1 Å². The summed E-state index contributed by atoms with van der Waals surface area (Å²) in [6.07, 6.45) is 5.66. The van der Waals surface area contributed by atoms with Gasteiger partial charge >= 0.3 is 11.9 Å². The average Bonchev–Trinajstić information content (AvgIpc) is 3.33. The first-order valence-corrected chi connectivity index (χ1v) is 9.45. The maximum atomic E-state index is 12.9. The zero-order valence-corrected chi connectivity index (χ0v) is 17.0. The van der Waals surface area contributed by atoms with Gasteiger partial charge in [0, 0.05) is 18.2 Å². The molecular formula is C22H25NO6. The van der Waals surface area contributed by atoms with Crippen LogP contribution in [0.15, 0.2) is 35.3 Å². The Bertz CT molecular complexity index is 906. The SMILES string of the molecule is COc1ccc(C(=O)C2(C(=O)O)CC2)cc1CC1(C(=O)OC(C)(C)C)C=CC=N1. The number of methoxy groups -OCH3 is 1. The fourth-order valence-corrected chi connectivity index (χ4v) is 3.37. The van der Waals surface area contributed by atoms with Crippen molar-refractivity contribution in [2.75, 3.05) is 7.11 Å². The molecule has 0 saturated heterocycles. The number of hydrogen-bond acceptors (Lipinski definition) is 6. The first-order valence-electron chi connectivity index (χ1n) is 9.45. The van der Waals surface area contributed by atoms with Gasteiger partial charge in [-0.15, -0.1) is 0 Å². The maximum Gasteiger partial charge on any atom is 0.338 e. The highest BCUT2D eigenvalue weighted by Gasteiger charge is 2.57. The molecular weight excluding hydrogens is 374 g/mol. The molecule has 0 spiro atoms. The highest BCUT2D eigenvalue weighted by Crippen LogP contribution is 2.48. The summed E-state index contributed by atoms with van der Waals surface area (Å²) in [5, 5.41) is 9.42. The molecule has 0 amide bonds. The Labute approximate surface area is 169 Å². The number of ketones is 1. The van der Waals surface area contributed by atoms with E-state index in [1.165, 1.54) is 13.3 Å². The number of rotatable bonds is 7. The van der Waals surface area contributed by atoms with E-state index >= 15 is 0 Å². The molecule has 3 rings (SSSR count). The van der Waals surface area contributed by atoms with Crippen LogP contribution in [-0.2, 0) is 20.7 Å². The quantitative estimate of drug-likeness (QED) is 0.430. The Hall–Kier alpha value is -2.96. The lowest BCUT2D eigenvalue weighted by Gasteiger charge is -2.28. The Kier molecular flexibility index (Phi) is 5.11. The number of esters is 1. The highest BCUT2D eigenvalue weighted by molar-refractivity contribution is 6.14. The van der Waals surface area contributed by atoms with Gasteiger partial charge in [-0.3, -0.25) is 14.6 Å². The summed E-state index contributed by atoms with van der Waals surface area (Å²) in [5.41, 5.74) is -2.41. The molecule has 1 fully saturated rings. The minimum Gasteiger partial charge on any atom is -0.496 e. The molecule has 154 valence electrons. The van der Waals surface area contributed by atoms with E-state index in [1.807, 2.05) is 0 Å². The number of Topliss-reactive ketones (excluding diaryl/α,β-unsaturated/α-hetero) is 1. The molecule has 0 radical (unpaired) electrons. The molecule has 0 aromatic heterocycles. The Morgan fingerprint density at radius 3 is 2.38 bits per heavy atom. The molecule has 7 nitrogen and oxygen atoms in total. The van der Waals surface area contributed by atoms with Gasteiger partial charge in [0.2, 0.25) is 0 Å². The van der Waals surface area contributed by atoms with Gasteiger partial charge in [0.1, 0.15) is 16.8 Å². The third-order valence-corrected chi connectivity index (χ3v) is 5.11. The number of benzene rings is 1. The van der Waals surface area contributed by atoms with Crippen LogP contribution < -0.4 is 4.74 Å². The Balaban J connectivity index is 1.96. The number of aliphatic imine (C=N–C) groups is 1. The van der Waals surface area contributed by atoms with Crippen LogP contribution in [0.5, 0.6) is 5.75 Å². The van der Waals surface area contributed by atoms with Gasteiger partial charge in [-0.05, 0) is 69.5 Å². The molecule has 1 aliphatic carbocycles. The lowest BCUT2D eigenvalue weighted by molar-refractivity contribution is -0.159. The molecule has 0 bridgehead atoms. The molecule has 1 saturated carbocycles. The maximum absolute atomic E-state index is 12.9. The molecule has 1 aromatic carbocycles. The lowest BCUT2D eigenvalue weighted by atomic mass is 9.88. The van der Waals surface area contributed by atoms with E-state index in [2.05, 4.69) is 4.99 Å². The number of aliphatic carboxylic acids is 1. The third kappa shape index (κ3) is 3.95. The summed E-state index contributed by atoms with van der Waals surface area (Å²) in [5.74, 6) is -1.54. The molecule has 1 aliphatic heterocycles. The first-order chi connectivity index (χ1) is 13.5. The van der Waals surface area contributed by atoms with Crippen molar-refractivity contribution < 1.29 is 29.0 Å².